The van der Waals surface area contributed by atoms with Crippen LogP contribution in [0.3, 0.4) is 0 Å². The molecule has 1 aliphatic carbocycles. The third kappa shape index (κ3) is 3.02. The Morgan fingerprint density at radius 2 is 2.07 bits per heavy atom. The minimum atomic E-state index is -4.61. The summed E-state index contributed by atoms with van der Waals surface area (Å²) in [7, 11) is 0. The topological polar surface area (TPSA) is 88.0 Å². The number of fused-ring (bicyclic) bond motifs is 3. The van der Waals surface area contributed by atoms with Crippen LogP contribution in [0, 0.1) is 5.92 Å². The first kappa shape index (κ1) is 19.0. The van der Waals surface area contributed by atoms with Gasteiger partial charge in [0.15, 0.2) is 0 Å². The van der Waals surface area contributed by atoms with Gasteiger partial charge in [0.2, 0.25) is 0 Å². The van der Waals surface area contributed by atoms with Gasteiger partial charge in [0.05, 0.1) is 28.5 Å². The summed E-state index contributed by atoms with van der Waals surface area (Å²) >= 11 is 0. The normalized spacial score (nSPS) is 21.9. The molecule has 0 amide bonds. The van der Waals surface area contributed by atoms with E-state index in [1.54, 1.807) is 37.3 Å². The van der Waals surface area contributed by atoms with Gasteiger partial charge in [-0.15, -0.1) is 0 Å². The third-order valence-corrected chi connectivity index (χ3v) is 5.40. The zero-order chi connectivity index (χ0) is 21.0. The van der Waals surface area contributed by atoms with Crippen LogP contribution in [-0.4, -0.2) is 32.0 Å². The number of rotatable bonds is 3. The van der Waals surface area contributed by atoms with Crippen molar-refractivity contribution in [2.45, 2.75) is 25.1 Å². The Morgan fingerprint density at radius 1 is 1.31 bits per heavy atom. The second-order valence-electron chi connectivity index (χ2n) is 7.24. The van der Waals surface area contributed by atoms with E-state index in [-0.39, 0.29) is 10.9 Å². The van der Waals surface area contributed by atoms with Crippen molar-refractivity contribution in [3.8, 4) is 0 Å². The fourth-order valence-corrected chi connectivity index (χ4v) is 3.89. The molecule has 3 aromatic rings. The van der Waals surface area contributed by atoms with Gasteiger partial charge in [-0.05, 0) is 11.6 Å². The van der Waals surface area contributed by atoms with Crippen molar-refractivity contribution in [2.75, 3.05) is 0 Å². The highest BCUT2D eigenvalue weighted by Crippen LogP contribution is 2.39. The summed E-state index contributed by atoms with van der Waals surface area (Å²) in [4.78, 5) is 24.5. The van der Waals surface area contributed by atoms with E-state index in [2.05, 4.69) is 10.2 Å². The number of aromatic nitrogens is 3. The number of benzene rings is 1. The Kier molecular flexibility index (Phi) is 4.14. The molecule has 29 heavy (non-hydrogen) atoms. The van der Waals surface area contributed by atoms with Crippen molar-refractivity contribution in [1.29, 1.82) is 0 Å². The van der Waals surface area contributed by atoms with Crippen molar-refractivity contribution >= 4 is 27.8 Å². The van der Waals surface area contributed by atoms with Crippen LogP contribution in [0.2, 0.25) is 0 Å². The van der Waals surface area contributed by atoms with Crippen LogP contribution >= 0.6 is 0 Å². The Balaban J connectivity index is 2.03. The monoisotopic (exact) mass is 403 g/mol. The van der Waals surface area contributed by atoms with E-state index in [1.165, 1.54) is 18.3 Å². The minimum absolute atomic E-state index is 0.0598. The van der Waals surface area contributed by atoms with Crippen LogP contribution in [0.25, 0.3) is 21.8 Å². The molecule has 4 rings (SSSR count). The van der Waals surface area contributed by atoms with Crippen molar-refractivity contribution in [2.24, 2.45) is 5.92 Å². The van der Waals surface area contributed by atoms with Gasteiger partial charge in [0.25, 0.3) is 5.56 Å². The molecule has 0 fully saturated rings. The van der Waals surface area contributed by atoms with E-state index in [9.17, 15) is 27.9 Å². The predicted octanol–water partition coefficient (Wildman–Crippen LogP) is 3.52. The highest BCUT2D eigenvalue weighted by atomic mass is 19.4. The first-order chi connectivity index (χ1) is 13.6. The van der Waals surface area contributed by atoms with Gasteiger partial charge >= 0.3 is 12.1 Å². The van der Waals surface area contributed by atoms with Gasteiger partial charge in [0, 0.05) is 10.8 Å². The second-order valence-corrected chi connectivity index (χ2v) is 7.24. The Hall–Kier alpha value is -3.36. The standard InChI is InChI=1S/C20H16F3N3O3/c1-19(7-3-2-4-14(19)18(28)29)11-5-6-12-15(8-11)26(10-20(21,22)23)17(27)13-9-24-25-16(12)13/h2-9,14H,10H2,1H3,(H,24,25)(H,28,29). The largest absolute Gasteiger partial charge is 0.481 e. The number of carboxylic acid groups (broad SMARTS) is 1. The molecule has 0 radical (unpaired) electrons. The molecule has 9 heteroatoms. The lowest BCUT2D eigenvalue weighted by molar-refractivity contribution is -0.142. The van der Waals surface area contributed by atoms with Crippen LogP contribution in [0.4, 0.5) is 13.2 Å². The van der Waals surface area contributed by atoms with E-state index in [1.807, 2.05) is 0 Å². The highest BCUT2D eigenvalue weighted by molar-refractivity contribution is 6.03. The van der Waals surface area contributed by atoms with Gasteiger partial charge in [-0.2, -0.15) is 18.3 Å². The van der Waals surface area contributed by atoms with Crippen LogP contribution in [0.1, 0.15) is 12.5 Å². The SMILES string of the molecule is CC1(c2ccc3c4[nH]ncc4c(=O)n(CC(F)(F)F)c3c2)C=CC=CC1C(=O)O. The van der Waals surface area contributed by atoms with E-state index in [4.69, 9.17) is 0 Å². The number of aromatic amines is 1. The van der Waals surface area contributed by atoms with Gasteiger partial charge in [-0.1, -0.05) is 43.4 Å². The quantitative estimate of drug-likeness (QED) is 0.700. The number of alkyl halides is 3. The van der Waals surface area contributed by atoms with Crippen molar-refractivity contribution in [3.63, 3.8) is 0 Å². The smallest absolute Gasteiger partial charge is 0.406 e. The zero-order valence-electron chi connectivity index (χ0n) is 15.2. The third-order valence-electron chi connectivity index (χ3n) is 5.40. The minimum Gasteiger partial charge on any atom is -0.481 e. The number of hydrogen-bond acceptors (Lipinski definition) is 3. The van der Waals surface area contributed by atoms with Crippen LogP contribution < -0.4 is 5.56 Å². The summed E-state index contributed by atoms with van der Waals surface area (Å²) in [6.45, 7) is 0.246. The van der Waals surface area contributed by atoms with Gasteiger partial charge in [-0.25, -0.2) is 0 Å². The number of nitrogens with zero attached hydrogens (tertiary/aromatic N) is 2. The van der Waals surface area contributed by atoms with E-state index in [0.717, 1.165) is 0 Å². The molecule has 150 valence electrons. The van der Waals surface area contributed by atoms with E-state index < -0.39 is 35.6 Å². The first-order valence-electron chi connectivity index (χ1n) is 8.77. The molecule has 1 aliphatic rings. The molecule has 2 atom stereocenters. The summed E-state index contributed by atoms with van der Waals surface area (Å²) in [5.41, 5.74) is -0.901. The van der Waals surface area contributed by atoms with Gasteiger partial charge < -0.3 is 5.11 Å². The molecular weight excluding hydrogens is 387 g/mol. The number of carboxylic acids is 1. The number of carbonyl (C=O) groups is 1. The highest BCUT2D eigenvalue weighted by Gasteiger charge is 2.39. The molecule has 6 nitrogen and oxygen atoms in total. The van der Waals surface area contributed by atoms with Gasteiger partial charge in [-0.3, -0.25) is 19.3 Å². The number of halogens is 3. The fraction of sp³-hybridized carbons (Fsp3) is 0.250. The lowest BCUT2D eigenvalue weighted by atomic mass is 9.69. The average molecular weight is 403 g/mol. The van der Waals surface area contributed by atoms with Gasteiger partial charge in [0.1, 0.15) is 6.54 Å². The number of pyridine rings is 1. The number of allylic oxidation sites excluding steroid dienone is 3. The maximum Gasteiger partial charge on any atom is 0.406 e. The fourth-order valence-electron chi connectivity index (χ4n) is 3.89. The number of nitrogens with one attached hydrogen (secondary N) is 1. The molecule has 0 bridgehead atoms. The summed E-state index contributed by atoms with van der Waals surface area (Å²) in [6, 6.07) is 4.72. The molecule has 0 spiro atoms. The molecule has 2 aromatic heterocycles. The van der Waals surface area contributed by atoms with Crippen LogP contribution in [-0.2, 0) is 16.8 Å². The molecule has 2 heterocycles. The molecule has 2 unspecified atom stereocenters. The predicted molar refractivity (Wildman–Crippen MR) is 101 cm³/mol. The molecule has 0 saturated carbocycles. The van der Waals surface area contributed by atoms with Crippen LogP contribution in [0.15, 0.2) is 53.5 Å². The summed E-state index contributed by atoms with van der Waals surface area (Å²) in [6.07, 6.45) is 3.15. The summed E-state index contributed by atoms with van der Waals surface area (Å²) < 4.78 is 40.2. The van der Waals surface area contributed by atoms with E-state index in [0.29, 0.717) is 21.0 Å². The molecular formula is C20H16F3N3O3. The molecule has 1 aromatic carbocycles. The molecule has 0 saturated heterocycles. The lowest BCUT2D eigenvalue weighted by Gasteiger charge is -2.33. The molecule has 0 aliphatic heterocycles. The maximum absolute atomic E-state index is 13.2. The van der Waals surface area contributed by atoms with Crippen molar-refractivity contribution in [3.05, 3.63) is 64.6 Å². The van der Waals surface area contributed by atoms with Crippen molar-refractivity contribution < 1.29 is 23.1 Å². The maximum atomic E-state index is 13.2. The summed E-state index contributed by atoms with van der Waals surface area (Å²) in [5.74, 6) is -1.95. The van der Waals surface area contributed by atoms with E-state index >= 15 is 0 Å². The number of aliphatic carboxylic acids is 1. The zero-order valence-corrected chi connectivity index (χ0v) is 15.2. The number of H-pyrrole nitrogens is 1. The second kappa shape index (κ2) is 6.33. The summed E-state index contributed by atoms with van der Waals surface area (Å²) in [5, 5.41) is 16.5. The Morgan fingerprint density at radius 3 is 2.76 bits per heavy atom. The lowest BCUT2D eigenvalue weighted by Crippen LogP contribution is -2.36. The van der Waals surface area contributed by atoms with Crippen molar-refractivity contribution in [1.82, 2.24) is 14.8 Å². The first-order valence-corrected chi connectivity index (χ1v) is 8.77. The molecule has 2 N–H and O–H groups in total. The van der Waals surface area contributed by atoms with Crippen LogP contribution in [0.5, 0.6) is 0 Å². The number of hydrogen-bond donors (Lipinski definition) is 2. The Bertz CT molecular complexity index is 1250. The Labute approximate surface area is 161 Å². The average Bonchev–Trinajstić information content (AvgIpc) is 3.14.